The fourth-order valence-corrected chi connectivity index (χ4v) is 11.2. The number of aromatic nitrogens is 1. The molecule has 0 aliphatic carbocycles. The minimum absolute atomic E-state index is 0.0647. The number of para-hydroxylation sites is 4. The van der Waals surface area contributed by atoms with Crippen LogP contribution in [-0.2, 0) is 11.8 Å². The molecule has 3 nitrogen and oxygen atoms in total. The zero-order chi connectivity index (χ0) is 37.4. The van der Waals surface area contributed by atoms with Gasteiger partial charge in [-0.25, -0.2) is 0 Å². The number of hydrogen-bond donors (Lipinski definition) is 0. The lowest BCUT2D eigenvalue weighted by molar-refractivity contribution is 0.669. The molecule has 0 amide bonds. The smallest absolute Gasteiger partial charge is 0.333 e. The van der Waals surface area contributed by atoms with Crippen molar-refractivity contribution in [1.82, 2.24) is 4.48 Å². The van der Waals surface area contributed by atoms with Gasteiger partial charge in [0.2, 0.25) is 0 Å². The van der Waals surface area contributed by atoms with Crippen LogP contribution in [0.25, 0.3) is 54.9 Å². The van der Waals surface area contributed by atoms with E-state index in [4.69, 9.17) is 4.42 Å². The molecule has 0 spiro atoms. The summed E-state index contributed by atoms with van der Waals surface area (Å²) in [7, 11) is 0. The monoisotopic (exact) mass is 728 g/mol. The maximum atomic E-state index is 6.88. The minimum atomic E-state index is -0.567. The van der Waals surface area contributed by atoms with Gasteiger partial charge in [0, 0.05) is 38.4 Å². The van der Waals surface area contributed by atoms with Crippen LogP contribution in [0.2, 0.25) is 0 Å². The van der Waals surface area contributed by atoms with E-state index in [0.717, 1.165) is 23.0 Å². The van der Waals surface area contributed by atoms with Crippen molar-refractivity contribution in [3.8, 4) is 11.1 Å². The zero-order valence-electron chi connectivity index (χ0n) is 31.7. The Morgan fingerprint density at radius 2 is 1.30 bits per heavy atom. The second kappa shape index (κ2) is 11.4. The molecule has 8 aromatic carbocycles. The highest BCUT2D eigenvalue weighted by molar-refractivity contribution is 6.90. The summed E-state index contributed by atoms with van der Waals surface area (Å²) in [5, 5.41) is 4.97. The summed E-state index contributed by atoms with van der Waals surface area (Å²) in [6, 6.07) is 63.8. The lowest BCUT2D eigenvalue weighted by Gasteiger charge is -2.50. The van der Waals surface area contributed by atoms with Gasteiger partial charge in [0.05, 0.1) is 22.2 Å². The number of benzene rings is 8. The molecule has 2 aromatic heterocycles. The first-order valence-electron chi connectivity index (χ1n) is 20.5. The van der Waals surface area contributed by atoms with Gasteiger partial charge < -0.3 is 13.8 Å². The number of furan rings is 1. The first-order valence-corrected chi connectivity index (χ1v) is 20.5. The Balaban J connectivity index is 1.25. The van der Waals surface area contributed by atoms with Crippen molar-refractivity contribution in [3.05, 3.63) is 198 Å². The molecule has 0 unspecified atom stereocenters. The maximum absolute atomic E-state index is 6.88. The number of unbranched alkanes of at least 4 members (excludes halogenated alkanes) is 1. The van der Waals surface area contributed by atoms with Gasteiger partial charge in [-0.15, -0.1) is 0 Å². The van der Waals surface area contributed by atoms with Crippen LogP contribution in [0, 0.1) is 0 Å². The SMILES string of the molecule is CCCCc1ccc2c(c1)c1cccc3c1n2B1c2cccc4c2N(c2ccccc2C4(c2ccccc2)c2ccccc2)c2c1c-3cc1oc3ccccc3c21. The van der Waals surface area contributed by atoms with Crippen molar-refractivity contribution < 1.29 is 4.42 Å². The summed E-state index contributed by atoms with van der Waals surface area (Å²) < 4.78 is 9.58. The normalized spacial score (nSPS) is 14.3. The van der Waals surface area contributed by atoms with E-state index in [0.29, 0.717) is 0 Å². The molecule has 13 rings (SSSR count). The van der Waals surface area contributed by atoms with Crippen molar-refractivity contribution in [2.24, 2.45) is 0 Å². The van der Waals surface area contributed by atoms with Crippen molar-refractivity contribution in [2.45, 2.75) is 31.6 Å². The van der Waals surface area contributed by atoms with Crippen molar-refractivity contribution in [2.75, 3.05) is 4.90 Å². The molecule has 0 fully saturated rings. The molecule has 57 heavy (non-hydrogen) atoms. The van der Waals surface area contributed by atoms with E-state index in [9.17, 15) is 0 Å². The average Bonchev–Trinajstić information content (AvgIpc) is 3.81. The second-order valence-corrected chi connectivity index (χ2v) is 16.2. The van der Waals surface area contributed by atoms with Gasteiger partial charge in [-0.3, -0.25) is 0 Å². The van der Waals surface area contributed by atoms with E-state index in [1.807, 2.05) is 0 Å². The molecule has 0 saturated heterocycles. The molecule has 3 aliphatic heterocycles. The number of nitrogens with zero attached hydrogens (tertiary/aromatic N) is 2. The molecule has 4 heteroatoms. The summed E-state index contributed by atoms with van der Waals surface area (Å²) in [5.41, 5.74) is 19.2. The third-order valence-electron chi connectivity index (χ3n) is 13.4. The molecule has 3 aliphatic rings. The van der Waals surface area contributed by atoms with E-state index >= 15 is 0 Å². The summed E-state index contributed by atoms with van der Waals surface area (Å²) in [5.74, 6) is 0. The lowest BCUT2D eigenvalue weighted by atomic mass is 9.43. The third-order valence-corrected chi connectivity index (χ3v) is 13.4. The first-order chi connectivity index (χ1) is 28.3. The minimum Gasteiger partial charge on any atom is -0.456 e. The predicted octanol–water partition coefficient (Wildman–Crippen LogP) is 12.2. The quantitative estimate of drug-likeness (QED) is 0.165. The molecular formula is C53H37BN2O. The average molecular weight is 729 g/mol. The van der Waals surface area contributed by atoms with Gasteiger partial charge in [-0.05, 0) is 87.5 Å². The number of anilines is 3. The van der Waals surface area contributed by atoms with Crippen LogP contribution in [0.3, 0.4) is 0 Å². The number of aryl methyl sites for hydroxylation is 1. The Morgan fingerprint density at radius 1 is 0.579 bits per heavy atom. The van der Waals surface area contributed by atoms with E-state index in [1.54, 1.807) is 0 Å². The van der Waals surface area contributed by atoms with Crippen LogP contribution in [0.5, 0.6) is 0 Å². The molecule has 0 N–H and O–H groups in total. The second-order valence-electron chi connectivity index (χ2n) is 16.2. The summed E-state index contributed by atoms with van der Waals surface area (Å²) in [6.07, 6.45) is 3.47. The van der Waals surface area contributed by atoms with E-state index in [2.05, 4.69) is 186 Å². The van der Waals surface area contributed by atoms with Gasteiger partial charge in [0.1, 0.15) is 11.2 Å². The van der Waals surface area contributed by atoms with Gasteiger partial charge in [-0.2, -0.15) is 0 Å². The lowest BCUT2D eigenvalue weighted by Crippen LogP contribution is -2.58. The van der Waals surface area contributed by atoms with Crippen LogP contribution in [0.15, 0.2) is 174 Å². The Bertz CT molecular complexity index is 3260. The number of rotatable bonds is 5. The van der Waals surface area contributed by atoms with Gasteiger partial charge >= 0.3 is 6.85 Å². The Morgan fingerprint density at radius 3 is 2.12 bits per heavy atom. The summed E-state index contributed by atoms with van der Waals surface area (Å²) >= 11 is 0. The molecule has 0 saturated carbocycles. The molecular weight excluding hydrogens is 691 g/mol. The van der Waals surface area contributed by atoms with Crippen LogP contribution < -0.4 is 15.8 Å². The van der Waals surface area contributed by atoms with Crippen molar-refractivity contribution in [3.63, 3.8) is 0 Å². The maximum Gasteiger partial charge on any atom is 0.333 e. The predicted molar refractivity (Wildman–Crippen MR) is 238 cm³/mol. The summed E-state index contributed by atoms with van der Waals surface area (Å²) in [6.45, 7) is 2.22. The zero-order valence-corrected chi connectivity index (χ0v) is 31.7. The topological polar surface area (TPSA) is 21.3 Å². The van der Waals surface area contributed by atoms with Gasteiger partial charge in [-0.1, -0.05) is 153 Å². The fraction of sp³-hybridized carbons (Fsp3) is 0.0943. The van der Waals surface area contributed by atoms with E-state index in [-0.39, 0.29) is 6.85 Å². The molecule has 5 heterocycles. The van der Waals surface area contributed by atoms with E-state index < -0.39 is 5.41 Å². The van der Waals surface area contributed by atoms with Gasteiger partial charge in [0.15, 0.2) is 0 Å². The third kappa shape index (κ3) is 3.88. The standard InChI is InChI=1S/C53H37BN2O/c1-2-3-16-33-29-30-44-39(31-33)36-22-14-23-37-40-32-47-48(38-21-10-13-28-46(38)57-47)52-49(40)54(56(44)50(36)37)43-26-15-25-42-51(43)55(52)45-27-12-11-24-41(45)53(42,34-17-6-4-7-18-34)35-19-8-5-9-20-35/h4-15,17-32H,2-3,16H2,1H3. The van der Waals surface area contributed by atoms with Crippen molar-refractivity contribution in [1.29, 1.82) is 0 Å². The largest absolute Gasteiger partial charge is 0.456 e. The summed E-state index contributed by atoms with van der Waals surface area (Å²) in [4.78, 5) is 2.63. The van der Waals surface area contributed by atoms with Crippen LogP contribution >= 0.6 is 0 Å². The van der Waals surface area contributed by atoms with Crippen LogP contribution in [0.4, 0.5) is 17.1 Å². The highest BCUT2D eigenvalue weighted by atomic mass is 16.3. The van der Waals surface area contributed by atoms with Gasteiger partial charge in [0.25, 0.3) is 0 Å². The molecule has 0 radical (unpaired) electrons. The van der Waals surface area contributed by atoms with Crippen LogP contribution in [0.1, 0.15) is 47.6 Å². The Kier molecular flexibility index (Phi) is 6.28. The fourth-order valence-electron chi connectivity index (χ4n) is 11.2. The highest BCUT2D eigenvalue weighted by Gasteiger charge is 2.52. The molecule has 0 bridgehead atoms. The molecule has 268 valence electrons. The Labute approximate surface area is 331 Å². The van der Waals surface area contributed by atoms with Crippen molar-refractivity contribution >= 4 is 78.6 Å². The number of hydrogen-bond acceptors (Lipinski definition) is 2. The number of fused-ring (bicyclic) bond motifs is 13. The Hall–Kier alpha value is -6.78. The van der Waals surface area contributed by atoms with Crippen LogP contribution in [-0.4, -0.2) is 11.3 Å². The first kappa shape index (κ1) is 31.4. The highest BCUT2D eigenvalue weighted by Crippen LogP contribution is 2.60. The van der Waals surface area contributed by atoms with E-state index in [1.165, 1.54) is 107 Å². The molecule has 0 atom stereocenters. The molecule has 10 aromatic rings.